The molecule has 0 saturated heterocycles. The number of carbonyl (C=O) groups is 1. The van der Waals surface area contributed by atoms with Crippen LogP contribution >= 0.6 is 35.6 Å². The van der Waals surface area contributed by atoms with E-state index in [4.69, 9.17) is 28.9 Å². The predicted molar refractivity (Wildman–Crippen MR) is 72.2 cm³/mol. The first-order chi connectivity index (χ1) is 7.95. The van der Waals surface area contributed by atoms with Gasteiger partial charge in [-0.1, -0.05) is 23.2 Å². The molecule has 0 spiro atoms. The molecule has 0 aliphatic heterocycles. The molecule has 0 saturated carbocycles. The van der Waals surface area contributed by atoms with Crippen molar-refractivity contribution in [2.45, 2.75) is 19.1 Å². The molecule has 0 heterocycles. The van der Waals surface area contributed by atoms with Gasteiger partial charge in [-0.25, -0.2) is 9.18 Å². The first-order valence-corrected chi connectivity index (χ1v) is 5.73. The Balaban J connectivity index is 0.00000289. The summed E-state index contributed by atoms with van der Waals surface area (Å²) >= 11 is 11.5. The third-order valence-corrected chi connectivity index (χ3v) is 2.53. The minimum atomic E-state index is -1.94. The highest BCUT2D eigenvalue weighted by molar-refractivity contribution is 6.34. The van der Waals surface area contributed by atoms with Gasteiger partial charge in [0, 0.05) is 10.0 Å². The minimum absolute atomic E-state index is 0. The van der Waals surface area contributed by atoms with E-state index >= 15 is 0 Å². The quantitative estimate of drug-likeness (QED) is 0.867. The van der Waals surface area contributed by atoms with Crippen LogP contribution in [0.2, 0.25) is 10.0 Å². The first kappa shape index (κ1) is 17.4. The normalized spacial score (nSPS) is 13.4. The molecular formula is C11H13Cl3FNO2. The van der Waals surface area contributed by atoms with Crippen LogP contribution in [-0.2, 0) is 9.53 Å². The lowest BCUT2D eigenvalue weighted by Crippen LogP contribution is -2.31. The Hall–Kier alpha value is -0.550. The largest absolute Gasteiger partial charge is 0.464 e. The minimum Gasteiger partial charge on any atom is -0.464 e. The number of hydrogen-bond donors (Lipinski definition) is 1. The van der Waals surface area contributed by atoms with Gasteiger partial charge in [0.1, 0.15) is 0 Å². The van der Waals surface area contributed by atoms with Gasteiger partial charge in [-0.2, -0.15) is 0 Å². The number of halogens is 4. The lowest BCUT2D eigenvalue weighted by atomic mass is 10.0. The average molecular weight is 317 g/mol. The average Bonchev–Trinajstić information content (AvgIpc) is 2.26. The van der Waals surface area contributed by atoms with Gasteiger partial charge >= 0.3 is 5.97 Å². The summed E-state index contributed by atoms with van der Waals surface area (Å²) in [5.74, 6) is -0.990. The molecule has 0 bridgehead atoms. The van der Waals surface area contributed by atoms with Crippen molar-refractivity contribution in [3.8, 4) is 0 Å². The van der Waals surface area contributed by atoms with E-state index < -0.39 is 18.2 Å². The van der Waals surface area contributed by atoms with E-state index in [2.05, 4.69) is 4.74 Å². The van der Waals surface area contributed by atoms with Gasteiger partial charge in [0.05, 0.1) is 12.6 Å². The molecule has 1 rings (SSSR count). The second kappa shape index (κ2) is 7.79. The van der Waals surface area contributed by atoms with E-state index in [1.165, 1.54) is 18.2 Å². The van der Waals surface area contributed by atoms with Crippen molar-refractivity contribution >= 4 is 41.6 Å². The highest BCUT2D eigenvalue weighted by Gasteiger charge is 2.28. The van der Waals surface area contributed by atoms with Crippen molar-refractivity contribution in [2.24, 2.45) is 5.73 Å². The van der Waals surface area contributed by atoms with Crippen LogP contribution in [0.4, 0.5) is 4.39 Å². The van der Waals surface area contributed by atoms with E-state index in [0.717, 1.165) is 0 Å². The van der Waals surface area contributed by atoms with Gasteiger partial charge in [-0.15, -0.1) is 12.4 Å². The highest BCUT2D eigenvalue weighted by atomic mass is 35.5. The first-order valence-electron chi connectivity index (χ1n) is 4.98. The van der Waals surface area contributed by atoms with Crippen molar-refractivity contribution in [2.75, 3.05) is 6.61 Å². The number of ether oxygens (including phenoxy) is 1. The molecule has 2 atom stereocenters. The summed E-state index contributed by atoms with van der Waals surface area (Å²) in [4.78, 5) is 11.2. The molecule has 0 radical (unpaired) electrons. The number of esters is 1. The maximum Gasteiger partial charge on any atom is 0.342 e. The van der Waals surface area contributed by atoms with Crippen molar-refractivity contribution in [3.63, 3.8) is 0 Å². The fourth-order valence-corrected chi connectivity index (χ4v) is 1.85. The molecule has 1 aromatic rings. The summed E-state index contributed by atoms with van der Waals surface area (Å²) < 4.78 is 18.2. The summed E-state index contributed by atoms with van der Waals surface area (Å²) in [7, 11) is 0. The Morgan fingerprint density at radius 2 is 1.89 bits per heavy atom. The van der Waals surface area contributed by atoms with E-state index in [1.54, 1.807) is 6.92 Å². The van der Waals surface area contributed by atoms with Crippen LogP contribution in [0.3, 0.4) is 0 Å². The summed E-state index contributed by atoms with van der Waals surface area (Å²) in [5, 5.41) is 0.665. The van der Waals surface area contributed by atoms with E-state index in [1.807, 2.05) is 0 Å². The smallest absolute Gasteiger partial charge is 0.342 e. The molecule has 0 aromatic heterocycles. The summed E-state index contributed by atoms with van der Waals surface area (Å²) in [6.45, 7) is 1.69. The van der Waals surface area contributed by atoms with Crippen molar-refractivity contribution in [1.29, 1.82) is 0 Å². The van der Waals surface area contributed by atoms with Crippen LogP contribution in [0.1, 0.15) is 18.5 Å². The van der Waals surface area contributed by atoms with Gasteiger partial charge in [0.25, 0.3) is 0 Å². The molecule has 18 heavy (non-hydrogen) atoms. The fraction of sp³-hybridized carbons (Fsp3) is 0.364. The molecule has 0 fully saturated rings. The number of alkyl halides is 1. The van der Waals surface area contributed by atoms with Gasteiger partial charge in [0.2, 0.25) is 6.17 Å². The van der Waals surface area contributed by atoms with Crippen LogP contribution in [0.5, 0.6) is 0 Å². The van der Waals surface area contributed by atoms with Gasteiger partial charge in [0.15, 0.2) is 0 Å². The standard InChI is InChI=1S/C11H12Cl2FNO2.ClH/c1-2-17-11(16)9(14)10(15)6-3-7(12)5-8(13)4-6;/h3-5,9-10H,2,15H2,1H3;1H/t9?,10-;/m1./s1. The molecule has 3 nitrogen and oxygen atoms in total. The van der Waals surface area contributed by atoms with Gasteiger partial charge in [-0.05, 0) is 30.7 Å². The molecule has 102 valence electrons. The van der Waals surface area contributed by atoms with E-state index in [-0.39, 0.29) is 19.0 Å². The predicted octanol–water partition coefficient (Wildman–Crippen LogP) is 3.32. The van der Waals surface area contributed by atoms with Crippen LogP contribution in [0.25, 0.3) is 0 Å². The Bertz CT molecular complexity index is 397. The Kier molecular flexibility index (Phi) is 7.55. The number of carbonyl (C=O) groups excluding carboxylic acids is 1. The zero-order valence-electron chi connectivity index (χ0n) is 9.53. The number of benzene rings is 1. The van der Waals surface area contributed by atoms with Crippen molar-refractivity contribution < 1.29 is 13.9 Å². The van der Waals surface area contributed by atoms with E-state index in [0.29, 0.717) is 15.6 Å². The molecule has 0 amide bonds. The zero-order chi connectivity index (χ0) is 13.0. The molecule has 1 aromatic carbocycles. The molecule has 7 heteroatoms. The molecular weight excluding hydrogens is 303 g/mol. The summed E-state index contributed by atoms with van der Waals surface area (Å²) in [6.07, 6.45) is -1.94. The Morgan fingerprint density at radius 3 is 2.33 bits per heavy atom. The second-order valence-corrected chi connectivity index (χ2v) is 4.26. The van der Waals surface area contributed by atoms with Crippen molar-refractivity contribution in [1.82, 2.24) is 0 Å². The lowest BCUT2D eigenvalue weighted by molar-refractivity contribution is -0.149. The molecule has 0 aliphatic rings. The van der Waals surface area contributed by atoms with Crippen molar-refractivity contribution in [3.05, 3.63) is 33.8 Å². The maximum atomic E-state index is 13.6. The topological polar surface area (TPSA) is 52.3 Å². The number of nitrogens with two attached hydrogens (primary N) is 1. The molecule has 1 unspecified atom stereocenters. The lowest BCUT2D eigenvalue weighted by Gasteiger charge is -2.16. The number of rotatable bonds is 4. The third kappa shape index (κ3) is 4.61. The fourth-order valence-electron chi connectivity index (χ4n) is 1.31. The van der Waals surface area contributed by atoms with Gasteiger partial charge in [-0.3, -0.25) is 0 Å². The number of hydrogen-bond acceptors (Lipinski definition) is 3. The SMILES string of the molecule is CCOC(=O)C(F)[C@H](N)c1cc(Cl)cc(Cl)c1.Cl. The Morgan fingerprint density at radius 1 is 1.39 bits per heavy atom. The van der Waals surface area contributed by atoms with E-state index in [9.17, 15) is 9.18 Å². The summed E-state index contributed by atoms with van der Waals surface area (Å²) in [5.41, 5.74) is 5.96. The van der Waals surface area contributed by atoms with Crippen LogP contribution < -0.4 is 5.73 Å². The molecule has 2 N–H and O–H groups in total. The third-order valence-electron chi connectivity index (χ3n) is 2.10. The monoisotopic (exact) mass is 315 g/mol. The molecule has 0 aliphatic carbocycles. The second-order valence-electron chi connectivity index (χ2n) is 3.38. The van der Waals surface area contributed by atoms with Crippen LogP contribution in [-0.4, -0.2) is 18.7 Å². The zero-order valence-corrected chi connectivity index (χ0v) is 11.9. The Labute approximate surface area is 121 Å². The van der Waals surface area contributed by atoms with Crippen LogP contribution in [0, 0.1) is 0 Å². The highest BCUT2D eigenvalue weighted by Crippen LogP contribution is 2.25. The van der Waals surface area contributed by atoms with Gasteiger partial charge < -0.3 is 10.5 Å². The summed E-state index contributed by atoms with van der Waals surface area (Å²) in [6, 6.07) is 3.27. The maximum absolute atomic E-state index is 13.6. The van der Waals surface area contributed by atoms with Crippen LogP contribution in [0.15, 0.2) is 18.2 Å².